The number of nitrogens with zero attached hydrogens (tertiary/aromatic N) is 1. The fourth-order valence-electron chi connectivity index (χ4n) is 2.26. The molecular weight excluding hydrogens is 296 g/mol. The van der Waals surface area contributed by atoms with E-state index in [0.29, 0.717) is 29.6 Å². The zero-order valence-electron chi connectivity index (χ0n) is 11.6. The minimum atomic E-state index is 0.0910. The van der Waals surface area contributed by atoms with Crippen LogP contribution in [-0.2, 0) is 9.53 Å². The van der Waals surface area contributed by atoms with E-state index >= 15 is 0 Å². The molecule has 1 aromatic carbocycles. The molecular formula is C14H19ClN2O2S. The highest BCUT2D eigenvalue weighted by Crippen LogP contribution is 2.28. The lowest BCUT2D eigenvalue weighted by Gasteiger charge is -2.35. The topological polar surface area (TPSA) is 55.6 Å². The van der Waals surface area contributed by atoms with Gasteiger partial charge in [-0.2, -0.15) is 0 Å². The third-order valence-corrected chi connectivity index (χ3v) is 4.40. The summed E-state index contributed by atoms with van der Waals surface area (Å²) in [7, 11) is 0. The molecule has 1 saturated heterocycles. The number of anilines is 1. The van der Waals surface area contributed by atoms with E-state index in [9.17, 15) is 4.79 Å². The number of carbonyl (C=O) groups is 1. The molecule has 0 saturated carbocycles. The van der Waals surface area contributed by atoms with Crippen LogP contribution >= 0.6 is 23.4 Å². The van der Waals surface area contributed by atoms with Gasteiger partial charge in [-0.15, -0.1) is 11.8 Å². The Labute approximate surface area is 128 Å². The van der Waals surface area contributed by atoms with Crippen molar-refractivity contribution in [3.63, 3.8) is 0 Å². The predicted molar refractivity (Wildman–Crippen MR) is 83.2 cm³/mol. The van der Waals surface area contributed by atoms with Crippen molar-refractivity contribution >= 4 is 35.0 Å². The van der Waals surface area contributed by atoms with E-state index in [0.717, 1.165) is 4.90 Å². The Morgan fingerprint density at radius 2 is 2.10 bits per heavy atom. The summed E-state index contributed by atoms with van der Waals surface area (Å²) in [6.45, 7) is 5.28. The molecule has 2 rings (SSSR count). The van der Waals surface area contributed by atoms with Crippen LogP contribution < -0.4 is 5.73 Å². The summed E-state index contributed by atoms with van der Waals surface area (Å²) >= 11 is 7.30. The summed E-state index contributed by atoms with van der Waals surface area (Å²) < 4.78 is 5.63. The summed E-state index contributed by atoms with van der Waals surface area (Å²) in [6.07, 6.45) is 0.182. The lowest BCUT2D eigenvalue weighted by atomic mass is 10.2. The van der Waals surface area contributed by atoms with Gasteiger partial charge in [0.25, 0.3) is 0 Å². The van der Waals surface area contributed by atoms with Crippen molar-refractivity contribution in [1.82, 2.24) is 4.90 Å². The maximum atomic E-state index is 12.2. The fraction of sp³-hybridized carbons (Fsp3) is 0.500. The summed E-state index contributed by atoms with van der Waals surface area (Å²) in [5.41, 5.74) is 6.49. The lowest BCUT2D eigenvalue weighted by Crippen LogP contribution is -2.48. The zero-order chi connectivity index (χ0) is 14.7. The summed E-state index contributed by atoms with van der Waals surface area (Å²) in [4.78, 5) is 15.0. The van der Waals surface area contributed by atoms with Gasteiger partial charge in [0.05, 0.1) is 18.0 Å². The van der Waals surface area contributed by atoms with E-state index < -0.39 is 0 Å². The maximum Gasteiger partial charge on any atom is 0.233 e. The molecule has 20 heavy (non-hydrogen) atoms. The van der Waals surface area contributed by atoms with Gasteiger partial charge in [0, 0.05) is 28.7 Å². The number of thioether (sulfide) groups is 1. The monoisotopic (exact) mass is 314 g/mol. The summed E-state index contributed by atoms with van der Waals surface area (Å²) in [6, 6.07) is 5.33. The number of ether oxygens (including phenoxy) is 1. The molecule has 1 heterocycles. The lowest BCUT2D eigenvalue weighted by molar-refractivity contribution is -0.140. The molecule has 2 N–H and O–H groups in total. The number of morpholine rings is 1. The third-order valence-electron chi connectivity index (χ3n) is 3.10. The van der Waals surface area contributed by atoms with Crippen molar-refractivity contribution < 1.29 is 9.53 Å². The number of hydrogen-bond donors (Lipinski definition) is 1. The Morgan fingerprint density at radius 3 is 2.70 bits per heavy atom. The molecule has 110 valence electrons. The van der Waals surface area contributed by atoms with Crippen molar-refractivity contribution in [2.75, 3.05) is 24.6 Å². The molecule has 1 fully saturated rings. The molecule has 6 heteroatoms. The highest BCUT2D eigenvalue weighted by molar-refractivity contribution is 8.00. The normalized spacial score (nSPS) is 22.9. The molecule has 0 radical (unpaired) electrons. The van der Waals surface area contributed by atoms with Crippen molar-refractivity contribution in [2.24, 2.45) is 0 Å². The van der Waals surface area contributed by atoms with Gasteiger partial charge in [0.2, 0.25) is 5.91 Å². The Hall–Kier alpha value is -0.910. The van der Waals surface area contributed by atoms with E-state index in [4.69, 9.17) is 22.1 Å². The minimum absolute atomic E-state index is 0.0910. The fourth-order valence-corrected chi connectivity index (χ4v) is 3.30. The Bertz CT molecular complexity index is 488. The van der Waals surface area contributed by atoms with Gasteiger partial charge in [-0.1, -0.05) is 11.6 Å². The maximum absolute atomic E-state index is 12.2. The number of amides is 1. The van der Waals surface area contributed by atoms with Crippen molar-refractivity contribution in [2.45, 2.75) is 31.0 Å². The number of hydrogen-bond acceptors (Lipinski definition) is 4. The van der Waals surface area contributed by atoms with Crippen LogP contribution in [0.3, 0.4) is 0 Å². The molecule has 0 aliphatic carbocycles. The van der Waals surface area contributed by atoms with E-state index in [1.807, 2.05) is 24.8 Å². The molecule has 2 atom stereocenters. The smallest absolute Gasteiger partial charge is 0.233 e. The van der Waals surface area contributed by atoms with Crippen molar-refractivity contribution in [3.05, 3.63) is 23.2 Å². The molecule has 1 aliphatic rings. The first kappa shape index (κ1) is 15.5. The first-order chi connectivity index (χ1) is 9.45. The molecule has 0 spiro atoms. The average molecular weight is 315 g/mol. The summed E-state index contributed by atoms with van der Waals surface area (Å²) in [5.74, 6) is 0.497. The number of rotatable bonds is 3. The van der Waals surface area contributed by atoms with Crippen molar-refractivity contribution in [1.29, 1.82) is 0 Å². The van der Waals surface area contributed by atoms with Crippen LogP contribution in [0.15, 0.2) is 23.1 Å². The summed E-state index contributed by atoms with van der Waals surface area (Å²) in [5, 5.41) is 0.606. The van der Waals surface area contributed by atoms with Crippen LogP contribution in [0.25, 0.3) is 0 Å². The van der Waals surface area contributed by atoms with Crippen LogP contribution in [-0.4, -0.2) is 41.9 Å². The predicted octanol–water partition coefficient (Wildman–Crippen LogP) is 2.65. The molecule has 1 aliphatic heterocycles. The zero-order valence-corrected chi connectivity index (χ0v) is 13.2. The highest BCUT2D eigenvalue weighted by atomic mass is 35.5. The van der Waals surface area contributed by atoms with Crippen LogP contribution in [0.1, 0.15) is 13.8 Å². The van der Waals surface area contributed by atoms with Gasteiger partial charge >= 0.3 is 0 Å². The highest BCUT2D eigenvalue weighted by Gasteiger charge is 2.25. The third kappa shape index (κ3) is 4.04. The second-order valence-electron chi connectivity index (χ2n) is 5.03. The minimum Gasteiger partial charge on any atom is -0.398 e. The molecule has 1 amide bonds. The van der Waals surface area contributed by atoms with E-state index in [2.05, 4.69) is 0 Å². The SMILES string of the molecule is CC1CN(C(=O)CSc2ccc(Cl)cc2N)CC(C)O1. The Balaban J connectivity index is 1.91. The second-order valence-corrected chi connectivity index (χ2v) is 6.48. The molecule has 0 aromatic heterocycles. The van der Waals surface area contributed by atoms with Crippen LogP contribution in [0.4, 0.5) is 5.69 Å². The molecule has 4 nitrogen and oxygen atoms in total. The Kier molecular flexibility index (Phi) is 5.18. The second kappa shape index (κ2) is 6.70. The van der Waals surface area contributed by atoms with Gasteiger partial charge in [0.1, 0.15) is 0 Å². The number of nitrogens with two attached hydrogens (primary N) is 1. The quantitative estimate of drug-likeness (QED) is 0.688. The number of nitrogen functional groups attached to an aromatic ring is 1. The largest absolute Gasteiger partial charge is 0.398 e. The van der Waals surface area contributed by atoms with Gasteiger partial charge in [-0.3, -0.25) is 4.79 Å². The first-order valence-corrected chi connectivity index (χ1v) is 7.93. The average Bonchev–Trinajstić information content (AvgIpc) is 2.36. The van der Waals surface area contributed by atoms with Gasteiger partial charge in [-0.25, -0.2) is 0 Å². The number of carbonyl (C=O) groups excluding carboxylic acids is 1. The van der Waals surface area contributed by atoms with Crippen molar-refractivity contribution in [3.8, 4) is 0 Å². The van der Waals surface area contributed by atoms with Crippen LogP contribution in [0.5, 0.6) is 0 Å². The standard InChI is InChI=1S/C14H19ClN2O2S/c1-9-6-17(7-10(2)19-9)14(18)8-20-13-4-3-11(15)5-12(13)16/h3-5,9-10H,6-8,16H2,1-2H3. The van der Waals surface area contributed by atoms with Gasteiger partial charge < -0.3 is 15.4 Å². The van der Waals surface area contributed by atoms with Crippen LogP contribution in [0, 0.1) is 0 Å². The van der Waals surface area contributed by atoms with E-state index in [-0.39, 0.29) is 18.1 Å². The molecule has 2 unspecified atom stereocenters. The van der Waals surface area contributed by atoms with E-state index in [1.165, 1.54) is 11.8 Å². The number of benzene rings is 1. The number of halogens is 1. The van der Waals surface area contributed by atoms with Gasteiger partial charge in [0.15, 0.2) is 0 Å². The Morgan fingerprint density at radius 1 is 1.45 bits per heavy atom. The first-order valence-electron chi connectivity index (χ1n) is 6.56. The van der Waals surface area contributed by atoms with E-state index in [1.54, 1.807) is 12.1 Å². The van der Waals surface area contributed by atoms with Gasteiger partial charge in [-0.05, 0) is 32.0 Å². The molecule has 1 aromatic rings. The molecule has 0 bridgehead atoms. The van der Waals surface area contributed by atoms with Crippen LogP contribution in [0.2, 0.25) is 5.02 Å².